The van der Waals surface area contributed by atoms with E-state index >= 15 is 0 Å². The first kappa shape index (κ1) is 29.2. The van der Waals surface area contributed by atoms with Crippen molar-refractivity contribution in [2.75, 3.05) is 18.5 Å². The fraction of sp³-hybridized carbons (Fsp3) is 0.235. The Balaban J connectivity index is 1.22. The number of benzene rings is 3. The van der Waals surface area contributed by atoms with Crippen molar-refractivity contribution in [3.8, 4) is 22.6 Å². The second-order valence-corrected chi connectivity index (χ2v) is 11.1. The van der Waals surface area contributed by atoms with E-state index in [9.17, 15) is 9.18 Å². The lowest BCUT2D eigenvalue weighted by Crippen LogP contribution is -2.48. The maximum atomic E-state index is 13.8. The Labute approximate surface area is 254 Å². The van der Waals surface area contributed by atoms with E-state index in [2.05, 4.69) is 20.6 Å². The number of nitrogens with zero attached hydrogens (tertiary/aromatic N) is 3. The predicted octanol–water partition coefficient (Wildman–Crippen LogP) is 6.21. The molecule has 0 spiro atoms. The van der Waals surface area contributed by atoms with E-state index in [0.717, 1.165) is 11.1 Å². The van der Waals surface area contributed by atoms with Gasteiger partial charge in [0, 0.05) is 18.3 Å². The van der Waals surface area contributed by atoms with Crippen molar-refractivity contribution in [3.63, 3.8) is 0 Å². The van der Waals surface area contributed by atoms with Crippen LogP contribution in [0.4, 0.5) is 10.3 Å². The van der Waals surface area contributed by atoms with Crippen LogP contribution in [0.3, 0.4) is 0 Å². The predicted molar refractivity (Wildman–Crippen MR) is 165 cm³/mol. The lowest BCUT2D eigenvalue weighted by Gasteiger charge is -2.35. The minimum Gasteiger partial charge on any atom is -0.351 e. The van der Waals surface area contributed by atoms with Crippen molar-refractivity contribution in [3.05, 3.63) is 120 Å². The normalized spacial score (nSPS) is 18.8. The lowest BCUT2D eigenvalue weighted by atomic mass is 9.91. The van der Waals surface area contributed by atoms with Crippen molar-refractivity contribution in [1.82, 2.24) is 25.3 Å². The number of aromatic nitrogens is 4. The van der Waals surface area contributed by atoms with E-state index in [1.807, 2.05) is 74.5 Å². The highest BCUT2D eigenvalue weighted by atomic mass is 19.1. The van der Waals surface area contributed by atoms with Gasteiger partial charge in [0.1, 0.15) is 5.82 Å². The molecule has 10 heteroatoms. The molecule has 1 saturated heterocycles. The highest BCUT2D eigenvalue weighted by Gasteiger charge is 2.40. The average Bonchev–Trinajstić information content (AvgIpc) is 3.51. The summed E-state index contributed by atoms with van der Waals surface area (Å²) in [5.74, 6) is 0.357. The van der Waals surface area contributed by atoms with E-state index in [4.69, 9.17) is 19.4 Å². The molecule has 1 unspecified atom stereocenters. The molecule has 0 saturated carbocycles. The quantitative estimate of drug-likeness (QED) is 0.186. The van der Waals surface area contributed by atoms with Gasteiger partial charge in [0.15, 0.2) is 5.82 Å². The number of nitrogens with one attached hydrogen (secondary N) is 3. The standard InChI is InChI=1S/C34H33FN6O3/c1-22(24-11-7-4-8-12-24)38-33-36-18-17-27(39-33)29-28(25-13-15-26(35)16-14-25)40-30(41-29)31-43-20-34(2,21-44-31)32(42)37-19-23-9-5-3-6-10-23/h3-18,22,31H,19-21H2,1-2H3,(H,37,42)(H,40,41)(H,36,38,39). The first-order chi connectivity index (χ1) is 21.4. The van der Waals surface area contributed by atoms with Gasteiger partial charge >= 0.3 is 0 Å². The average molecular weight is 593 g/mol. The molecular formula is C34H33FN6O3. The van der Waals surface area contributed by atoms with Crippen LogP contribution >= 0.6 is 0 Å². The Bertz CT molecular complexity index is 1700. The Kier molecular flexibility index (Phi) is 8.44. The van der Waals surface area contributed by atoms with Gasteiger partial charge < -0.3 is 25.1 Å². The number of amides is 1. The Hall–Kier alpha value is -4.93. The van der Waals surface area contributed by atoms with Gasteiger partial charge in [0.2, 0.25) is 18.1 Å². The smallest absolute Gasteiger partial charge is 0.230 e. The van der Waals surface area contributed by atoms with Gasteiger partial charge in [-0.05, 0) is 55.3 Å². The fourth-order valence-corrected chi connectivity index (χ4v) is 4.98. The summed E-state index contributed by atoms with van der Waals surface area (Å²) in [6.45, 7) is 4.55. The number of ether oxygens (including phenoxy) is 2. The number of carbonyl (C=O) groups excluding carboxylic acids is 1. The third-order valence-corrected chi connectivity index (χ3v) is 7.57. The number of imidazole rings is 1. The molecule has 1 aliphatic heterocycles. The number of aromatic amines is 1. The van der Waals surface area contributed by atoms with E-state index in [1.165, 1.54) is 12.1 Å². The highest BCUT2D eigenvalue weighted by molar-refractivity contribution is 5.82. The summed E-state index contributed by atoms with van der Waals surface area (Å²) in [7, 11) is 0. The van der Waals surface area contributed by atoms with Gasteiger partial charge in [0.05, 0.1) is 41.8 Å². The second kappa shape index (κ2) is 12.7. The minimum absolute atomic E-state index is 0.0245. The topological polar surface area (TPSA) is 114 Å². The maximum absolute atomic E-state index is 13.8. The van der Waals surface area contributed by atoms with Crippen LogP contribution in [0, 0.1) is 11.2 Å². The molecule has 1 aliphatic rings. The van der Waals surface area contributed by atoms with Gasteiger partial charge in [-0.1, -0.05) is 60.7 Å². The second-order valence-electron chi connectivity index (χ2n) is 11.1. The largest absolute Gasteiger partial charge is 0.351 e. The van der Waals surface area contributed by atoms with Crippen LogP contribution in [0.15, 0.2) is 97.2 Å². The zero-order valence-electron chi connectivity index (χ0n) is 24.5. The third kappa shape index (κ3) is 6.51. The molecule has 224 valence electrons. The summed E-state index contributed by atoms with van der Waals surface area (Å²) in [6.07, 6.45) is 0.834. The van der Waals surface area contributed by atoms with Crippen molar-refractivity contribution in [2.45, 2.75) is 32.7 Å². The molecule has 3 N–H and O–H groups in total. The zero-order valence-corrected chi connectivity index (χ0v) is 24.5. The molecule has 3 heterocycles. The van der Waals surface area contributed by atoms with Crippen LogP contribution < -0.4 is 10.6 Å². The van der Waals surface area contributed by atoms with E-state index in [-0.39, 0.29) is 31.0 Å². The molecular weight excluding hydrogens is 559 g/mol. The molecule has 9 nitrogen and oxygen atoms in total. The number of anilines is 1. The zero-order chi connectivity index (χ0) is 30.5. The number of hydrogen-bond acceptors (Lipinski definition) is 7. The molecule has 3 aromatic carbocycles. The molecule has 0 radical (unpaired) electrons. The monoisotopic (exact) mass is 592 g/mol. The van der Waals surface area contributed by atoms with Gasteiger partial charge in [-0.15, -0.1) is 0 Å². The van der Waals surface area contributed by atoms with Gasteiger partial charge in [-0.3, -0.25) is 4.79 Å². The minimum atomic E-state index is -0.872. The maximum Gasteiger partial charge on any atom is 0.230 e. The van der Waals surface area contributed by atoms with Gasteiger partial charge in [-0.25, -0.2) is 19.3 Å². The summed E-state index contributed by atoms with van der Waals surface area (Å²) in [5.41, 5.74) is 3.67. The molecule has 0 bridgehead atoms. The SMILES string of the molecule is CC(Nc1nccc(-c2[nH]c(C3OCC(C)(C(=O)NCc4ccccc4)CO3)nc2-c2ccc(F)cc2)n1)c1ccccc1. The van der Waals surface area contributed by atoms with E-state index < -0.39 is 11.7 Å². The number of halogens is 1. The first-order valence-electron chi connectivity index (χ1n) is 14.4. The van der Waals surface area contributed by atoms with Gasteiger partial charge in [-0.2, -0.15) is 0 Å². The number of H-pyrrole nitrogens is 1. The Morgan fingerprint density at radius 2 is 1.66 bits per heavy atom. The van der Waals surface area contributed by atoms with Crippen molar-refractivity contribution in [1.29, 1.82) is 0 Å². The molecule has 1 fully saturated rings. The summed E-state index contributed by atoms with van der Waals surface area (Å²) in [4.78, 5) is 30.4. The third-order valence-electron chi connectivity index (χ3n) is 7.57. The van der Waals surface area contributed by atoms with E-state index in [1.54, 1.807) is 24.4 Å². The molecule has 6 rings (SSSR count). The van der Waals surface area contributed by atoms with E-state index in [0.29, 0.717) is 41.0 Å². The van der Waals surface area contributed by atoms with Crippen LogP contribution in [-0.2, 0) is 20.8 Å². The van der Waals surface area contributed by atoms with Crippen LogP contribution in [0.5, 0.6) is 0 Å². The summed E-state index contributed by atoms with van der Waals surface area (Å²) >= 11 is 0. The fourth-order valence-electron chi connectivity index (χ4n) is 4.98. The molecule has 5 aromatic rings. The van der Waals surface area contributed by atoms with Crippen LogP contribution in [0.2, 0.25) is 0 Å². The van der Waals surface area contributed by atoms with Crippen LogP contribution in [0.1, 0.15) is 43.1 Å². The number of rotatable bonds is 9. The Morgan fingerprint density at radius 3 is 2.36 bits per heavy atom. The summed E-state index contributed by atoms with van der Waals surface area (Å²) < 4.78 is 25.9. The molecule has 1 amide bonds. The first-order valence-corrected chi connectivity index (χ1v) is 14.4. The summed E-state index contributed by atoms with van der Waals surface area (Å²) in [5, 5.41) is 6.33. The number of hydrogen-bond donors (Lipinski definition) is 3. The molecule has 0 aliphatic carbocycles. The van der Waals surface area contributed by atoms with Gasteiger partial charge in [0.25, 0.3) is 0 Å². The highest BCUT2D eigenvalue weighted by Crippen LogP contribution is 2.36. The lowest BCUT2D eigenvalue weighted by molar-refractivity contribution is -0.231. The number of carbonyl (C=O) groups is 1. The molecule has 44 heavy (non-hydrogen) atoms. The Morgan fingerprint density at radius 1 is 0.977 bits per heavy atom. The van der Waals surface area contributed by atoms with Crippen molar-refractivity contribution < 1.29 is 18.7 Å². The summed E-state index contributed by atoms with van der Waals surface area (Å²) in [6, 6.07) is 27.6. The van der Waals surface area contributed by atoms with Crippen LogP contribution in [0.25, 0.3) is 22.6 Å². The van der Waals surface area contributed by atoms with Crippen LogP contribution in [-0.4, -0.2) is 39.1 Å². The van der Waals surface area contributed by atoms with Crippen molar-refractivity contribution in [2.24, 2.45) is 5.41 Å². The molecule has 1 atom stereocenters. The molecule has 2 aromatic heterocycles. The van der Waals surface area contributed by atoms with Crippen molar-refractivity contribution >= 4 is 11.9 Å².